The Hall–Kier alpha value is -4.34. The Bertz CT molecular complexity index is 1130. The summed E-state index contributed by atoms with van der Waals surface area (Å²) < 4.78 is 33.8. The van der Waals surface area contributed by atoms with Crippen LogP contribution in [0.5, 0.6) is 11.5 Å². The van der Waals surface area contributed by atoms with Gasteiger partial charge in [0, 0.05) is 17.8 Å². The van der Waals surface area contributed by atoms with Crippen molar-refractivity contribution in [2.45, 2.75) is 0 Å². The number of amides is 2. The summed E-state index contributed by atoms with van der Waals surface area (Å²) in [5.41, 5.74) is 0.185. The Morgan fingerprint density at radius 2 is 1.72 bits per heavy atom. The van der Waals surface area contributed by atoms with E-state index in [1.54, 1.807) is 0 Å². The lowest BCUT2D eigenvalue weighted by Gasteiger charge is -2.15. The molecule has 3 rings (SSSR count). The van der Waals surface area contributed by atoms with Gasteiger partial charge < -0.3 is 29.3 Å². The van der Waals surface area contributed by atoms with Gasteiger partial charge in [-0.05, 0) is 30.3 Å². The van der Waals surface area contributed by atoms with Gasteiger partial charge in [-0.1, -0.05) is 6.07 Å². The third kappa shape index (κ3) is 5.42. The fourth-order valence-corrected chi connectivity index (χ4v) is 2.72. The molecule has 1 aromatic heterocycles. The number of carbonyl (C=O) groups is 3. The largest absolute Gasteiger partial charge is 0.493 e. The van der Waals surface area contributed by atoms with Crippen molar-refractivity contribution in [1.29, 1.82) is 0 Å². The van der Waals surface area contributed by atoms with E-state index >= 15 is 0 Å². The van der Waals surface area contributed by atoms with Crippen molar-refractivity contribution in [3.63, 3.8) is 0 Å². The molecule has 10 heteroatoms. The van der Waals surface area contributed by atoms with E-state index in [9.17, 15) is 18.8 Å². The van der Waals surface area contributed by atoms with E-state index in [0.717, 1.165) is 6.07 Å². The molecule has 0 aliphatic heterocycles. The molecule has 0 unspecified atom stereocenters. The van der Waals surface area contributed by atoms with Gasteiger partial charge in [-0.15, -0.1) is 0 Å². The molecule has 0 aliphatic carbocycles. The number of nitrogens with one attached hydrogen (secondary N) is 2. The van der Waals surface area contributed by atoms with Crippen LogP contribution in [0.3, 0.4) is 0 Å². The highest BCUT2D eigenvalue weighted by molar-refractivity contribution is 6.07. The van der Waals surface area contributed by atoms with Gasteiger partial charge in [0.15, 0.2) is 23.9 Å². The first-order valence-corrected chi connectivity index (χ1v) is 9.24. The second-order valence-electron chi connectivity index (χ2n) is 6.32. The molecule has 0 aliphatic rings. The van der Waals surface area contributed by atoms with Crippen LogP contribution in [0.4, 0.5) is 15.8 Å². The number of rotatable bonds is 8. The van der Waals surface area contributed by atoms with Crippen LogP contribution in [0.15, 0.2) is 59.2 Å². The highest BCUT2D eigenvalue weighted by atomic mass is 19.1. The molecule has 2 N–H and O–H groups in total. The first kappa shape index (κ1) is 22.3. The van der Waals surface area contributed by atoms with E-state index in [0.29, 0.717) is 0 Å². The predicted molar refractivity (Wildman–Crippen MR) is 112 cm³/mol. The van der Waals surface area contributed by atoms with Crippen LogP contribution in [0.1, 0.15) is 20.9 Å². The normalized spacial score (nSPS) is 10.2. The molecular formula is C22H19FN2O7. The topological polar surface area (TPSA) is 116 Å². The van der Waals surface area contributed by atoms with Crippen LogP contribution in [0, 0.1) is 5.82 Å². The maximum Gasteiger partial charge on any atom is 0.340 e. The zero-order valence-electron chi connectivity index (χ0n) is 17.1. The molecular weight excluding hydrogens is 423 g/mol. The van der Waals surface area contributed by atoms with Crippen molar-refractivity contribution in [2.75, 3.05) is 31.5 Å². The van der Waals surface area contributed by atoms with Crippen molar-refractivity contribution < 1.29 is 37.4 Å². The molecule has 166 valence electrons. The van der Waals surface area contributed by atoms with Crippen LogP contribution in [0.2, 0.25) is 0 Å². The SMILES string of the molecule is COc1cc(NC(=O)c2ccco2)c(C(=O)OCC(=O)Nc2cccc(F)c2)cc1OC. The van der Waals surface area contributed by atoms with Gasteiger partial charge in [0.1, 0.15) is 5.82 Å². The number of ether oxygens (including phenoxy) is 3. The molecule has 0 radical (unpaired) electrons. The Labute approximate surface area is 182 Å². The number of esters is 1. The van der Waals surface area contributed by atoms with Gasteiger partial charge in [-0.2, -0.15) is 0 Å². The van der Waals surface area contributed by atoms with Gasteiger partial charge in [0.05, 0.1) is 31.7 Å². The molecule has 1 heterocycles. The summed E-state index contributed by atoms with van der Waals surface area (Å²) in [4.78, 5) is 37.1. The predicted octanol–water partition coefficient (Wildman–Crippen LogP) is 3.48. The number of hydrogen-bond donors (Lipinski definition) is 2. The summed E-state index contributed by atoms with van der Waals surface area (Å²) in [5.74, 6) is -2.24. The molecule has 2 aromatic carbocycles. The summed E-state index contributed by atoms with van der Waals surface area (Å²) in [6, 6.07) is 10.9. The van der Waals surface area contributed by atoms with Crippen LogP contribution in [-0.2, 0) is 9.53 Å². The average Bonchev–Trinajstić information content (AvgIpc) is 3.32. The molecule has 0 fully saturated rings. The average molecular weight is 442 g/mol. The summed E-state index contributed by atoms with van der Waals surface area (Å²) in [6.07, 6.45) is 1.33. The number of carbonyl (C=O) groups excluding carboxylic acids is 3. The zero-order chi connectivity index (χ0) is 23.1. The maximum atomic E-state index is 13.2. The van der Waals surface area contributed by atoms with E-state index in [1.165, 1.54) is 62.9 Å². The number of halogens is 1. The second-order valence-corrected chi connectivity index (χ2v) is 6.32. The summed E-state index contributed by atoms with van der Waals surface area (Å²) in [6.45, 7) is -0.644. The van der Waals surface area contributed by atoms with E-state index in [1.807, 2.05) is 0 Å². The molecule has 0 saturated heterocycles. The van der Waals surface area contributed by atoms with E-state index in [-0.39, 0.29) is 34.2 Å². The first-order valence-electron chi connectivity index (χ1n) is 9.24. The Kier molecular flexibility index (Phi) is 7.06. The number of methoxy groups -OCH3 is 2. The van der Waals surface area contributed by atoms with Gasteiger partial charge in [0.25, 0.3) is 11.8 Å². The van der Waals surface area contributed by atoms with Crippen molar-refractivity contribution in [2.24, 2.45) is 0 Å². The smallest absolute Gasteiger partial charge is 0.340 e. The van der Waals surface area contributed by atoms with Gasteiger partial charge >= 0.3 is 5.97 Å². The van der Waals surface area contributed by atoms with Crippen LogP contribution in [-0.4, -0.2) is 38.6 Å². The summed E-state index contributed by atoms with van der Waals surface area (Å²) in [7, 11) is 2.77. The first-order chi connectivity index (χ1) is 15.4. The minimum Gasteiger partial charge on any atom is -0.493 e. The summed E-state index contributed by atoms with van der Waals surface area (Å²) >= 11 is 0. The highest BCUT2D eigenvalue weighted by Crippen LogP contribution is 2.34. The van der Waals surface area contributed by atoms with Crippen LogP contribution in [0.25, 0.3) is 0 Å². The van der Waals surface area contributed by atoms with Gasteiger partial charge in [0.2, 0.25) is 0 Å². The van der Waals surface area contributed by atoms with Gasteiger partial charge in [-0.25, -0.2) is 9.18 Å². The number of furan rings is 1. The lowest BCUT2D eigenvalue weighted by atomic mass is 10.1. The Balaban J connectivity index is 1.77. The van der Waals surface area contributed by atoms with E-state index in [4.69, 9.17) is 18.6 Å². The lowest BCUT2D eigenvalue weighted by molar-refractivity contribution is -0.119. The van der Waals surface area contributed by atoms with Crippen molar-refractivity contribution in [1.82, 2.24) is 0 Å². The monoisotopic (exact) mass is 442 g/mol. The Morgan fingerprint density at radius 1 is 0.969 bits per heavy atom. The molecule has 2 amide bonds. The standard InChI is InChI=1S/C22H19FN2O7/c1-29-18-10-15(16(11-19(18)30-2)25-21(27)17-7-4-8-31-17)22(28)32-12-20(26)24-14-6-3-5-13(23)9-14/h3-11H,12H2,1-2H3,(H,24,26)(H,25,27). The van der Waals surface area contributed by atoms with Crippen molar-refractivity contribution >= 4 is 29.2 Å². The molecule has 9 nitrogen and oxygen atoms in total. The molecule has 32 heavy (non-hydrogen) atoms. The molecule has 0 spiro atoms. The minimum atomic E-state index is -0.907. The molecule has 0 atom stereocenters. The number of hydrogen-bond acceptors (Lipinski definition) is 7. The maximum absolute atomic E-state index is 13.2. The number of anilines is 2. The van der Waals surface area contributed by atoms with Gasteiger partial charge in [-0.3, -0.25) is 9.59 Å². The van der Waals surface area contributed by atoms with Crippen molar-refractivity contribution in [3.05, 3.63) is 71.9 Å². The third-order valence-corrected chi connectivity index (χ3v) is 4.18. The van der Waals surface area contributed by atoms with E-state index < -0.39 is 30.2 Å². The lowest BCUT2D eigenvalue weighted by Crippen LogP contribution is -2.22. The Morgan fingerprint density at radius 3 is 2.38 bits per heavy atom. The van der Waals surface area contributed by atoms with Crippen molar-refractivity contribution in [3.8, 4) is 11.5 Å². The third-order valence-electron chi connectivity index (χ3n) is 4.18. The molecule has 0 saturated carbocycles. The molecule has 0 bridgehead atoms. The summed E-state index contributed by atoms with van der Waals surface area (Å²) in [5, 5.41) is 4.96. The van der Waals surface area contributed by atoms with Crippen LogP contribution < -0.4 is 20.1 Å². The minimum absolute atomic E-state index is 0.0218. The molecule has 3 aromatic rings. The van der Waals surface area contributed by atoms with E-state index in [2.05, 4.69) is 10.6 Å². The number of benzene rings is 2. The van der Waals surface area contributed by atoms with Crippen LogP contribution >= 0.6 is 0 Å². The second kappa shape index (κ2) is 10.1. The quantitative estimate of drug-likeness (QED) is 0.513. The fraction of sp³-hybridized carbons (Fsp3) is 0.136. The highest BCUT2D eigenvalue weighted by Gasteiger charge is 2.22. The zero-order valence-corrected chi connectivity index (χ0v) is 17.1. The fourth-order valence-electron chi connectivity index (χ4n) is 2.72.